The molecular formula is C15H17BrN2O. The average molecular weight is 321 g/mol. The van der Waals surface area contributed by atoms with Gasteiger partial charge in [-0.25, -0.2) is 5.43 Å². The zero-order valence-electron chi connectivity index (χ0n) is 11.0. The van der Waals surface area contributed by atoms with Gasteiger partial charge in [-0.15, -0.1) is 0 Å². The molecule has 0 amide bonds. The lowest BCUT2D eigenvalue weighted by atomic mass is 9.98. The van der Waals surface area contributed by atoms with Crippen LogP contribution in [-0.2, 0) is 0 Å². The number of nitrogens with two attached hydrogens (primary N) is 1. The summed E-state index contributed by atoms with van der Waals surface area (Å²) in [6.07, 6.45) is 0. The van der Waals surface area contributed by atoms with Gasteiger partial charge in [0.15, 0.2) is 0 Å². The Morgan fingerprint density at radius 2 is 1.74 bits per heavy atom. The van der Waals surface area contributed by atoms with Crippen LogP contribution < -0.4 is 16.0 Å². The van der Waals surface area contributed by atoms with Gasteiger partial charge >= 0.3 is 0 Å². The fraction of sp³-hybridized carbons (Fsp3) is 0.200. The Labute approximate surface area is 121 Å². The molecule has 0 bridgehead atoms. The molecule has 3 nitrogen and oxygen atoms in total. The Kier molecular flexibility index (Phi) is 4.58. The first-order chi connectivity index (χ1) is 9.15. The predicted octanol–water partition coefficient (Wildman–Crippen LogP) is 3.32. The Bertz CT molecular complexity index is 555. The van der Waals surface area contributed by atoms with Gasteiger partial charge in [0.25, 0.3) is 0 Å². The minimum atomic E-state index is -0.0391. The summed E-state index contributed by atoms with van der Waals surface area (Å²) in [7, 11) is 1.65. The first-order valence-electron chi connectivity index (χ1n) is 6.02. The highest BCUT2D eigenvalue weighted by atomic mass is 79.9. The summed E-state index contributed by atoms with van der Waals surface area (Å²) >= 11 is 3.50. The Balaban J connectivity index is 2.36. The van der Waals surface area contributed by atoms with Gasteiger partial charge in [-0.2, -0.15) is 0 Å². The van der Waals surface area contributed by atoms with E-state index in [1.54, 1.807) is 7.11 Å². The average Bonchev–Trinajstić information content (AvgIpc) is 2.42. The molecule has 0 radical (unpaired) electrons. The van der Waals surface area contributed by atoms with Crippen LogP contribution in [0.5, 0.6) is 5.75 Å². The summed E-state index contributed by atoms with van der Waals surface area (Å²) in [5.74, 6) is 6.51. The lowest BCUT2D eigenvalue weighted by molar-refractivity contribution is 0.411. The molecule has 19 heavy (non-hydrogen) atoms. The number of aryl methyl sites for hydroxylation is 1. The van der Waals surface area contributed by atoms with Gasteiger partial charge < -0.3 is 4.74 Å². The van der Waals surface area contributed by atoms with Gasteiger partial charge in [0, 0.05) is 0 Å². The zero-order valence-corrected chi connectivity index (χ0v) is 12.6. The normalized spacial score (nSPS) is 12.2. The maximum absolute atomic E-state index is 5.70. The third kappa shape index (κ3) is 3.15. The lowest BCUT2D eigenvalue weighted by Crippen LogP contribution is -2.28. The Hall–Kier alpha value is -1.36. The van der Waals surface area contributed by atoms with E-state index in [0.717, 1.165) is 21.3 Å². The van der Waals surface area contributed by atoms with Crippen LogP contribution in [0, 0.1) is 6.92 Å². The summed E-state index contributed by atoms with van der Waals surface area (Å²) < 4.78 is 6.15. The van der Waals surface area contributed by atoms with Crippen molar-refractivity contribution in [3.05, 3.63) is 63.6 Å². The molecule has 0 aliphatic heterocycles. The fourth-order valence-electron chi connectivity index (χ4n) is 2.01. The summed E-state index contributed by atoms with van der Waals surface area (Å²) in [4.78, 5) is 0. The molecule has 0 aliphatic carbocycles. The summed E-state index contributed by atoms with van der Waals surface area (Å²) in [6, 6.07) is 14.2. The SMILES string of the molecule is COc1ccc(C(NN)c2ccc(C)cc2)cc1Br. The molecule has 3 N–H and O–H groups in total. The molecule has 0 saturated heterocycles. The van der Waals surface area contributed by atoms with E-state index in [9.17, 15) is 0 Å². The number of methoxy groups -OCH3 is 1. The van der Waals surface area contributed by atoms with Gasteiger partial charge in [-0.1, -0.05) is 35.9 Å². The number of halogens is 1. The second-order valence-electron chi connectivity index (χ2n) is 4.40. The first kappa shape index (κ1) is 14.1. The Morgan fingerprint density at radius 1 is 1.11 bits per heavy atom. The van der Waals surface area contributed by atoms with Crippen molar-refractivity contribution in [3.63, 3.8) is 0 Å². The molecule has 1 unspecified atom stereocenters. The number of nitrogens with one attached hydrogen (secondary N) is 1. The van der Waals surface area contributed by atoms with Crippen LogP contribution in [0.15, 0.2) is 46.9 Å². The van der Waals surface area contributed by atoms with Gasteiger partial charge in [0.1, 0.15) is 5.75 Å². The molecule has 0 aliphatic rings. The van der Waals surface area contributed by atoms with Crippen molar-refractivity contribution >= 4 is 15.9 Å². The van der Waals surface area contributed by atoms with Crippen LogP contribution in [0.4, 0.5) is 0 Å². The largest absolute Gasteiger partial charge is 0.496 e. The van der Waals surface area contributed by atoms with E-state index >= 15 is 0 Å². The summed E-state index contributed by atoms with van der Waals surface area (Å²) in [6.45, 7) is 2.07. The zero-order chi connectivity index (χ0) is 13.8. The van der Waals surface area contributed by atoms with Crippen LogP contribution in [0.3, 0.4) is 0 Å². The molecular weight excluding hydrogens is 304 g/mol. The van der Waals surface area contributed by atoms with Crippen molar-refractivity contribution in [2.24, 2.45) is 5.84 Å². The van der Waals surface area contributed by atoms with E-state index < -0.39 is 0 Å². The monoisotopic (exact) mass is 320 g/mol. The topological polar surface area (TPSA) is 47.3 Å². The molecule has 2 aromatic rings. The molecule has 100 valence electrons. The van der Waals surface area contributed by atoms with E-state index in [2.05, 4.69) is 52.5 Å². The number of rotatable bonds is 4. The highest BCUT2D eigenvalue weighted by Gasteiger charge is 2.13. The lowest BCUT2D eigenvalue weighted by Gasteiger charge is -2.18. The van der Waals surface area contributed by atoms with Crippen LogP contribution in [-0.4, -0.2) is 7.11 Å². The number of ether oxygens (including phenoxy) is 1. The highest BCUT2D eigenvalue weighted by molar-refractivity contribution is 9.10. The van der Waals surface area contributed by atoms with E-state index in [-0.39, 0.29) is 6.04 Å². The number of hydrazine groups is 1. The minimum Gasteiger partial charge on any atom is -0.496 e. The maximum Gasteiger partial charge on any atom is 0.133 e. The summed E-state index contributed by atoms with van der Waals surface area (Å²) in [5, 5.41) is 0. The van der Waals surface area contributed by atoms with Crippen molar-refractivity contribution in [2.75, 3.05) is 7.11 Å². The van der Waals surface area contributed by atoms with Crippen molar-refractivity contribution in [2.45, 2.75) is 13.0 Å². The molecule has 1 atom stereocenters. The maximum atomic E-state index is 5.70. The molecule has 0 saturated carbocycles. The summed E-state index contributed by atoms with van der Waals surface area (Å²) in [5.41, 5.74) is 6.30. The van der Waals surface area contributed by atoms with Gasteiger partial charge in [-0.3, -0.25) is 5.84 Å². The third-order valence-electron chi connectivity index (χ3n) is 3.09. The van der Waals surface area contributed by atoms with E-state index in [1.807, 2.05) is 18.2 Å². The predicted molar refractivity (Wildman–Crippen MR) is 81.0 cm³/mol. The van der Waals surface area contributed by atoms with Crippen molar-refractivity contribution in [1.82, 2.24) is 5.43 Å². The molecule has 0 heterocycles. The molecule has 2 aromatic carbocycles. The number of benzene rings is 2. The van der Waals surface area contributed by atoms with Crippen LogP contribution in [0.2, 0.25) is 0 Å². The molecule has 0 spiro atoms. The first-order valence-corrected chi connectivity index (χ1v) is 6.81. The van der Waals surface area contributed by atoms with Crippen LogP contribution in [0.25, 0.3) is 0 Å². The van der Waals surface area contributed by atoms with Crippen molar-refractivity contribution < 1.29 is 4.74 Å². The standard InChI is InChI=1S/C15H17BrN2O/c1-10-3-5-11(6-4-10)15(18-17)12-7-8-14(19-2)13(16)9-12/h3-9,15,18H,17H2,1-2H3. The smallest absolute Gasteiger partial charge is 0.133 e. The fourth-order valence-corrected chi connectivity index (χ4v) is 2.56. The van der Waals surface area contributed by atoms with E-state index in [1.165, 1.54) is 5.56 Å². The number of hydrogen-bond donors (Lipinski definition) is 2. The van der Waals surface area contributed by atoms with E-state index in [4.69, 9.17) is 10.6 Å². The molecule has 4 heteroatoms. The third-order valence-corrected chi connectivity index (χ3v) is 3.71. The second-order valence-corrected chi connectivity index (χ2v) is 5.26. The van der Waals surface area contributed by atoms with Crippen LogP contribution >= 0.6 is 15.9 Å². The molecule has 0 fully saturated rings. The Morgan fingerprint density at radius 3 is 2.26 bits per heavy atom. The highest BCUT2D eigenvalue weighted by Crippen LogP contribution is 2.30. The minimum absolute atomic E-state index is 0.0391. The van der Waals surface area contributed by atoms with Crippen LogP contribution in [0.1, 0.15) is 22.7 Å². The van der Waals surface area contributed by atoms with Gasteiger partial charge in [0.05, 0.1) is 17.6 Å². The quantitative estimate of drug-likeness (QED) is 0.671. The number of hydrogen-bond acceptors (Lipinski definition) is 3. The van der Waals surface area contributed by atoms with Gasteiger partial charge in [-0.05, 0) is 46.1 Å². The van der Waals surface area contributed by atoms with E-state index in [0.29, 0.717) is 0 Å². The van der Waals surface area contributed by atoms with Crippen molar-refractivity contribution in [3.8, 4) is 5.75 Å². The second kappa shape index (κ2) is 6.19. The van der Waals surface area contributed by atoms with Crippen molar-refractivity contribution in [1.29, 1.82) is 0 Å². The molecule has 2 rings (SSSR count). The molecule has 0 aromatic heterocycles. The van der Waals surface area contributed by atoms with Gasteiger partial charge in [0.2, 0.25) is 0 Å².